The summed E-state index contributed by atoms with van der Waals surface area (Å²) in [6.07, 6.45) is 0. The van der Waals surface area contributed by atoms with Crippen LogP contribution in [-0.4, -0.2) is 52.8 Å². The Morgan fingerprint density at radius 1 is 1.38 bits per heavy atom. The molecule has 0 aromatic heterocycles. The molecule has 1 aromatic carbocycles. The van der Waals surface area contributed by atoms with Gasteiger partial charge in [-0.3, -0.25) is 9.59 Å². The van der Waals surface area contributed by atoms with E-state index in [0.717, 1.165) is 0 Å². The minimum atomic E-state index is -0.975. The van der Waals surface area contributed by atoms with Gasteiger partial charge in [-0.2, -0.15) is 0 Å². The minimum Gasteiger partial charge on any atom is -0.507 e. The van der Waals surface area contributed by atoms with Gasteiger partial charge in [0.1, 0.15) is 11.7 Å². The summed E-state index contributed by atoms with van der Waals surface area (Å²) >= 11 is 0. The maximum absolute atomic E-state index is 12.6. The molecule has 2 atom stereocenters. The van der Waals surface area contributed by atoms with E-state index >= 15 is 0 Å². The van der Waals surface area contributed by atoms with E-state index < -0.39 is 17.9 Å². The third-order valence-corrected chi connectivity index (χ3v) is 3.84. The van der Waals surface area contributed by atoms with Gasteiger partial charge in [0.15, 0.2) is 0 Å². The maximum Gasteiger partial charge on any atom is 0.311 e. The molecule has 0 saturated carbocycles. The molecule has 0 radical (unpaired) electrons. The first-order chi connectivity index (χ1) is 9.97. The molecular formula is C15H19NO5. The number of aryl methyl sites for hydroxylation is 1. The van der Waals surface area contributed by atoms with Crippen LogP contribution in [0.15, 0.2) is 18.2 Å². The summed E-state index contributed by atoms with van der Waals surface area (Å²) in [7, 11) is 0. The van der Waals surface area contributed by atoms with Gasteiger partial charge in [-0.25, -0.2) is 0 Å². The molecule has 6 nitrogen and oxygen atoms in total. The molecule has 2 N–H and O–H groups in total. The smallest absolute Gasteiger partial charge is 0.311 e. The summed E-state index contributed by atoms with van der Waals surface area (Å²) < 4.78 is 5.22. The third kappa shape index (κ3) is 2.85. The molecule has 2 unspecified atom stereocenters. The second-order valence-electron chi connectivity index (χ2n) is 5.11. The number of para-hydroxylation sites is 1. The normalized spacial score (nSPS) is 21.2. The van der Waals surface area contributed by atoms with E-state index in [-0.39, 0.29) is 30.4 Å². The fraction of sp³-hybridized carbons (Fsp3) is 0.467. The van der Waals surface area contributed by atoms with Crippen LogP contribution in [-0.2, 0) is 9.53 Å². The van der Waals surface area contributed by atoms with E-state index in [1.807, 2.05) is 0 Å². The number of carboxylic acids is 1. The summed E-state index contributed by atoms with van der Waals surface area (Å²) in [6.45, 7) is 4.14. The number of phenolic OH excluding ortho intramolecular Hbond substituents is 1. The van der Waals surface area contributed by atoms with Crippen LogP contribution in [0.1, 0.15) is 22.8 Å². The Balaban J connectivity index is 2.30. The van der Waals surface area contributed by atoms with Gasteiger partial charge in [-0.1, -0.05) is 12.1 Å². The lowest BCUT2D eigenvalue weighted by molar-refractivity contribution is -0.142. The van der Waals surface area contributed by atoms with Crippen molar-refractivity contribution < 1.29 is 24.5 Å². The summed E-state index contributed by atoms with van der Waals surface area (Å²) in [4.78, 5) is 25.3. The number of phenols is 1. The first-order valence-corrected chi connectivity index (χ1v) is 6.87. The summed E-state index contributed by atoms with van der Waals surface area (Å²) in [5.41, 5.74) is 0.794. The van der Waals surface area contributed by atoms with Gasteiger partial charge in [-0.05, 0) is 25.5 Å². The SMILES string of the molecule is CCN(C(=O)c1cccc(C)c1O)C1COCC1C(=O)O. The number of hydrogen-bond donors (Lipinski definition) is 2. The second kappa shape index (κ2) is 6.13. The zero-order valence-corrected chi connectivity index (χ0v) is 12.1. The molecule has 1 saturated heterocycles. The van der Waals surface area contributed by atoms with Crippen LogP contribution in [0.4, 0.5) is 0 Å². The van der Waals surface area contributed by atoms with E-state index in [2.05, 4.69) is 0 Å². The lowest BCUT2D eigenvalue weighted by Gasteiger charge is -2.29. The van der Waals surface area contributed by atoms with Gasteiger partial charge in [0.2, 0.25) is 0 Å². The fourth-order valence-electron chi connectivity index (χ4n) is 2.60. The summed E-state index contributed by atoms with van der Waals surface area (Å²) in [6, 6.07) is 4.43. The number of benzene rings is 1. The van der Waals surface area contributed by atoms with Gasteiger partial charge in [0, 0.05) is 6.54 Å². The molecule has 0 aliphatic carbocycles. The highest BCUT2D eigenvalue weighted by molar-refractivity contribution is 5.97. The van der Waals surface area contributed by atoms with Crippen LogP contribution in [0.3, 0.4) is 0 Å². The van der Waals surface area contributed by atoms with Crippen molar-refractivity contribution in [3.8, 4) is 5.75 Å². The molecular weight excluding hydrogens is 274 g/mol. The Morgan fingerprint density at radius 3 is 2.71 bits per heavy atom. The predicted octanol–water partition coefficient (Wildman–Crippen LogP) is 1.26. The molecule has 1 heterocycles. The second-order valence-corrected chi connectivity index (χ2v) is 5.11. The van der Waals surface area contributed by atoms with Crippen molar-refractivity contribution in [3.05, 3.63) is 29.3 Å². The van der Waals surface area contributed by atoms with Crippen LogP contribution in [0.25, 0.3) is 0 Å². The van der Waals surface area contributed by atoms with E-state index in [9.17, 15) is 19.8 Å². The minimum absolute atomic E-state index is 0.0632. The molecule has 6 heteroatoms. The van der Waals surface area contributed by atoms with Crippen molar-refractivity contribution in [2.24, 2.45) is 5.92 Å². The summed E-state index contributed by atoms with van der Waals surface area (Å²) in [5.74, 6) is -2.15. The van der Waals surface area contributed by atoms with E-state index in [4.69, 9.17) is 4.74 Å². The molecule has 1 aliphatic rings. The zero-order valence-electron chi connectivity index (χ0n) is 12.1. The van der Waals surface area contributed by atoms with Crippen molar-refractivity contribution in [2.45, 2.75) is 19.9 Å². The largest absolute Gasteiger partial charge is 0.507 e. The molecule has 1 fully saturated rings. The average molecular weight is 293 g/mol. The Morgan fingerprint density at radius 2 is 2.10 bits per heavy atom. The van der Waals surface area contributed by atoms with Crippen LogP contribution in [0, 0.1) is 12.8 Å². The molecule has 2 rings (SSSR count). The van der Waals surface area contributed by atoms with Gasteiger partial charge < -0.3 is 19.8 Å². The number of hydrogen-bond acceptors (Lipinski definition) is 4. The topological polar surface area (TPSA) is 87.1 Å². The number of aliphatic carboxylic acids is 1. The van der Waals surface area contributed by atoms with Gasteiger partial charge >= 0.3 is 5.97 Å². The predicted molar refractivity (Wildman–Crippen MR) is 75.3 cm³/mol. The molecule has 1 aliphatic heterocycles. The van der Waals surface area contributed by atoms with Gasteiger partial charge in [0.05, 0.1) is 24.8 Å². The van der Waals surface area contributed by atoms with Crippen molar-refractivity contribution in [3.63, 3.8) is 0 Å². The standard InChI is InChI=1S/C15H19NO5/c1-3-16(12-8-21-7-11(12)15(19)20)14(18)10-6-4-5-9(2)13(10)17/h4-6,11-12,17H,3,7-8H2,1-2H3,(H,19,20). The van der Waals surface area contributed by atoms with E-state index in [0.29, 0.717) is 12.1 Å². The molecule has 21 heavy (non-hydrogen) atoms. The van der Waals surface area contributed by atoms with Crippen LogP contribution in [0.5, 0.6) is 5.75 Å². The van der Waals surface area contributed by atoms with E-state index in [1.54, 1.807) is 32.0 Å². The zero-order chi connectivity index (χ0) is 15.6. The average Bonchev–Trinajstić information content (AvgIpc) is 2.92. The Bertz CT molecular complexity index is 557. The highest BCUT2D eigenvalue weighted by Gasteiger charge is 2.40. The van der Waals surface area contributed by atoms with E-state index in [1.165, 1.54) is 4.90 Å². The van der Waals surface area contributed by atoms with Crippen LogP contribution < -0.4 is 0 Å². The molecule has 1 aromatic rings. The van der Waals surface area contributed by atoms with Crippen molar-refractivity contribution in [1.29, 1.82) is 0 Å². The molecule has 0 spiro atoms. The monoisotopic (exact) mass is 293 g/mol. The first-order valence-electron chi connectivity index (χ1n) is 6.87. The van der Waals surface area contributed by atoms with Crippen LogP contribution >= 0.6 is 0 Å². The summed E-state index contributed by atoms with van der Waals surface area (Å²) in [5, 5.41) is 19.2. The number of ether oxygens (including phenoxy) is 1. The highest BCUT2D eigenvalue weighted by Crippen LogP contribution is 2.26. The number of aromatic hydroxyl groups is 1. The number of carboxylic acid groups (broad SMARTS) is 1. The maximum atomic E-state index is 12.6. The highest BCUT2D eigenvalue weighted by atomic mass is 16.5. The van der Waals surface area contributed by atoms with Gasteiger partial charge in [-0.15, -0.1) is 0 Å². The van der Waals surface area contributed by atoms with Crippen molar-refractivity contribution in [1.82, 2.24) is 4.90 Å². The lowest BCUT2D eigenvalue weighted by atomic mass is 10.0. The molecule has 114 valence electrons. The molecule has 0 bridgehead atoms. The first kappa shape index (κ1) is 15.3. The number of rotatable bonds is 4. The van der Waals surface area contributed by atoms with Crippen molar-refractivity contribution in [2.75, 3.05) is 19.8 Å². The Labute approximate surface area is 122 Å². The third-order valence-electron chi connectivity index (χ3n) is 3.84. The van der Waals surface area contributed by atoms with Crippen molar-refractivity contribution >= 4 is 11.9 Å². The Kier molecular flexibility index (Phi) is 4.47. The van der Waals surface area contributed by atoms with Crippen LogP contribution in [0.2, 0.25) is 0 Å². The van der Waals surface area contributed by atoms with Gasteiger partial charge in [0.25, 0.3) is 5.91 Å². The number of nitrogens with zero attached hydrogens (tertiary/aromatic N) is 1. The number of amides is 1. The lowest BCUT2D eigenvalue weighted by Crippen LogP contribution is -2.46. The number of carbonyl (C=O) groups is 2. The quantitative estimate of drug-likeness (QED) is 0.872. The number of likely N-dealkylation sites (N-methyl/N-ethyl adjacent to an activating group) is 1. The number of carbonyl (C=O) groups excluding carboxylic acids is 1. The Hall–Kier alpha value is -2.08. The fourth-order valence-corrected chi connectivity index (χ4v) is 2.60. The molecule has 1 amide bonds.